The van der Waals surface area contributed by atoms with E-state index in [0.717, 1.165) is 5.01 Å². The molecule has 0 fully saturated rings. The Kier molecular flexibility index (Phi) is 4.22. The standard InChI is InChI=1S/C9H12BrFN4O/c1-5-6(4-10)8(3-2-7(5)11)15(13)9(16)14-12/h2-3H,4,12-13H2,1H3,(H,14,16). The first-order valence-electron chi connectivity index (χ1n) is 4.42. The van der Waals surface area contributed by atoms with Crippen molar-refractivity contribution in [2.45, 2.75) is 12.3 Å². The van der Waals surface area contributed by atoms with Crippen molar-refractivity contribution >= 4 is 27.6 Å². The number of amides is 2. The predicted octanol–water partition coefficient (Wildman–Crippen LogP) is 1.29. The van der Waals surface area contributed by atoms with Gasteiger partial charge in [0.1, 0.15) is 5.82 Å². The lowest BCUT2D eigenvalue weighted by molar-refractivity contribution is 0.246. The van der Waals surface area contributed by atoms with Gasteiger partial charge in [0.15, 0.2) is 0 Å². The van der Waals surface area contributed by atoms with Crippen LogP contribution in [0.3, 0.4) is 0 Å². The second-order valence-electron chi connectivity index (χ2n) is 3.12. The minimum atomic E-state index is -0.673. The largest absolute Gasteiger partial charge is 0.350 e. The number of benzene rings is 1. The molecule has 0 aliphatic carbocycles. The fourth-order valence-corrected chi connectivity index (χ4v) is 2.00. The van der Waals surface area contributed by atoms with Crippen molar-refractivity contribution in [1.82, 2.24) is 5.43 Å². The molecule has 0 aliphatic heterocycles. The topological polar surface area (TPSA) is 84.4 Å². The molecule has 5 N–H and O–H groups in total. The maximum atomic E-state index is 13.3. The molecule has 5 nitrogen and oxygen atoms in total. The molecule has 0 bridgehead atoms. The zero-order chi connectivity index (χ0) is 12.3. The van der Waals surface area contributed by atoms with Crippen molar-refractivity contribution in [3.05, 3.63) is 29.1 Å². The first-order valence-corrected chi connectivity index (χ1v) is 5.54. The van der Waals surface area contributed by atoms with Crippen LogP contribution in [0.15, 0.2) is 12.1 Å². The molecular formula is C9H12BrFN4O. The average Bonchev–Trinajstić information content (AvgIpc) is 2.30. The van der Waals surface area contributed by atoms with E-state index >= 15 is 0 Å². The van der Waals surface area contributed by atoms with Crippen LogP contribution in [0.5, 0.6) is 0 Å². The SMILES string of the molecule is Cc1c(F)ccc(N(N)C(=O)NN)c1CBr. The Morgan fingerprint density at radius 2 is 2.25 bits per heavy atom. The van der Waals surface area contributed by atoms with Crippen molar-refractivity contribution in [1.29, 1.82) is 0 Å². The molecule has 88 valence electrons. The maximum Gasteiger partial charge on any atom is 0.350 e. The number of nitrogens with zero attached hydrogens (tertiary/aromatic N) is 1. The lowest BCUT2D eigenvalue weighted by Gasteiger charge is -2.20. The van der Waals surface area contributed by atoms with E-state index in [0.29, 0.717) is 22.1 Å². The third-order valence-corrected chi connectivity index (χ3v) is 2.80. The van der Waals surface area contributed by atoms with E-state index in [1.807, 2.05) is 5.43 Å². The van der Waals surface area contributed by atoms with E-state index in [4.69, 9.17) is 11.7 Å². The Morgan fingerprint density at radius 3 is 2.75 bits per heavy atom. The molecule has 1 rings (SSSR count). The Hall–Kier alpha value is -1.18. The van der Waals surface area contributed by atoms with Gasteiger partial charge in [-0.05, 0) is 30.2 Å². The van der Waals surface area contributed by atoms with Gasteiger partial charge in [-0.3, -0.25) is 5.43 Å². The van der Waals surface area contributed by atoms with Crippen LogP contribution in [0.4, 0.5) is 14.9 Å². The van der Waals surface area contributed by atoms with Gasteiger partial charge in [-0.2, -0.15) is 0 Å². The zero-order valence-corrected chi connectivity index (χ0v) is 10.2. The number of carbonyl (C=O) groups is 1. The molecule has 0 heterocycles. The highest BCUT2D eigenvalue weighted by molar-refractivity contribution is 9.08. The number of rotatable bonds is 2. The third-order valence-electron chi connectivity index (χ3n) is 2.24. The van der Waals surface area contributed by atoms with Gasteiger partial charge in [0, 0.05) is 5.33 Å². The molecule has 0 atom stereocenters. The second-order valence-corrected chi connectivity index (χ2v) is 3.68. The molecule has 16 heavy (non-hydrogen) atoms. The van der Waals surface area contributed by atoms with Crippen molar-refractivity contribution in [3.63, 3.8) is 0 Å². The summed E-state index contributed by atoms with van der Waals surface area (Å²) in [4.78, 5) is 11.2. The summed E-state index contributed by atoms with van der Waals surface area (Å²) in [6.45, 7) is 1.61. The molecule has 0 aliphatic rings. The van der Waals surface area contributed by atoms with E-state index in [9.17, 15) is 9.18 Å². The lowest BCUT2D eigenvalue weighted by atomic mass is 10.1. The highest BCUT2D eigenvalue weighted by Gasteiger charge is 2.17. The average molecular weight is 291 g/mol. The fraction of sp³-hybridized carbons (Fsp3) is 0.222. The van der Waals surface area contributed by atoms with Crippen LogP contribution < -0.4 is 22.1 Å². The van der Waals surface area contributed by atoms with Crippen LogP contribution in [0.2, 0.25) is 0 Å². The van der Waals surface area contributed by atoms with Crippen LogP contribution in [0, 0.1) is 12.7 Å². The molecule has 0 aromatic heterocycles. The minimum Gasteiger partial charge on any atom is -0.274 e. The van der Waals surface area contributed by atoms with Crippen molar-refractivity contribution in [2.75, 3.05) is 5.01 Å². The van der Waals surface area contributed by atoms with E-state index < -0.39 is 6.03 Å². The molecule has 0 saturated heterocycles. The van der Waals surface area contributed by atoms with Crippen LogP contribution in [0.25, 0.3) is 0 Å². The monoisotopic (exact) mass is 290 g/mol. The number of nitrogens with one attached hydrogen (secondary N) is 1. The summed E-state index contributed by atoms with van der Waals surface area (Å²) in [5, 5.41) is 1.22. The molecule has 0 unspecified atom stereocenters. The Balaban J connectivity index is 3.23. The Labute approximate surface area is 101 Å². The summed E-state index contributed by atoms with van der Waals surface area (Å²) < 4.78 is 13.3. The number of carbonyl (C=O) groups excluding carboxylic acids is 1. The smallest absolute Gasteiger partial charge is 0.274 e. The van der Waals surface area contributed by atoms with Gasteiger partial charge in [-0.25, -0.2) is 25.9 Å². The first-order chi connectivity index (χ1) is 7.52. The summed E-state index contributed by atoms with van der Waals surface area (Å²) >= 11 is 3.22. The maximum absolute atomic E-state index is 13.3. The number of anilines is 1. The highest BCUT2D eigenvalue weighted by atomic mass is 79.9. The van der Waals surface area contributed by atoms with Gasteiger partial charge >= 0.3 is 6.03 Å². The summed E-state index contributed by atoms with van der Waals surface area (Å²) in [7, 11) is 0. The predicted molar refractivity (Wildman–Crippen MR) is 63.2 cm³/mol. The van der Waals surface area contributed by atoms with Gasteiger partial charge in [-0.15, -0.1) is 0 Å². The molecule has 0 spiro atoms. The van der Waals surface area contributed by atoms with E-state index in [2.05, 4.69) is 15.9 Å². The molecule has 7 heteroatoms. The summed E-state index contributed by atoms with van der Waals surface area (Å²) in [5.74, 6) is 10.2. The Morgan fingerprint density at radius 1 is 1.62 bits per heavy atom. The number of alkyl halides is 1. The zero-order valence-electron chi connectivity index (χ0n) is 8.63. The minimum absolute atomic E-state index is 0.347. The summed E-state index contributed by atoms with van der Waals surface area (Å²) in [5.41, 5.74) is 3.35. The number of urea groups is 1. The van der Waals surface area contributed by atoms with Crippen LogP contribution in [0.1, 0.15) is 11.1 Å². The van der Waals surface area contributed by atoms with Gasteiger partial charge in [0.2, 0.25) is 0 Å². The van der Waals surface area contributed by atoms with E-state index in [-0.39, 0.29) is 5.82 Å². The van der Waals surface area contributed by atoms with Gasteiger partial charge in [0.05, 0.1) is 5.69 Å². The normalized spacial score (nSPS) is 10.1. The number of nitrogens with two attached hydrogens (primary N) is 2. The van der Waals surface area contributed by atoms with Crippen LogP contribution >= 0.6 is 15.9 Å². The quantitative estimate of drug-likeness (QED) is 0.332. The molecule has 1 aromatic carbocycles. The highest BCUT2D eigenvalue weighted by Crippen LogP contribution is 2.26. The molecule has 0 radical (unpaired) electrons. The van der Waals surface area contributed by atoms with Crippen molar-refractivity contribution < 1.29 is 9.18 Å². The molecular weight excluding hydrogens is 279 g/mol. The number of hydrazine groups is 2. The van der Waals surface area contributed by atoms with Crippen LogP contribution in [-0.4, -0.2) is 6.03 Å². The summed E-state index contributed by atoms with van der Waals surface area (Å²) in [6.07, 6.45) is 0. The molecule has 1 aromatic rings. The Bertz CT molecular complexity index is 413. The molecule has 0 saturated carbocycles. The van der Waals surface area contributed by atoms with Gasteiger partial charge in [0.25, 0.3) is 0 Å². The lowest BCUT2D eigenvalue weighted by Crippen LogP contribution is -2.48. The third kappa shape index (κ3) is 2.31. The van der Waals surface area contributed by atoms with Gasteiger partial charge in [-0.1, -0.05) is 15.9 Å². The van der Waals surface area contributed by atoms with E-state index in [1.165, 1.54) is 12.1 Å². The van der Waals surface area contributed by atoms with Crippen molar-refractivity contribution in [3.8, 4) is 0 Å². The first kappa shape index (κ1) is 12.9. The molecule has 2 amide bonds. The second kappa shape index (κ2) is 5.24. The fourth-order valence-electron chi connectivity index (χ4n) is 1.29. The van der Waals surface area contributed by atoms with Crippen LogP contribution in [-0.2, 0) is 5.33 Å². The number of hydrogen-bond donors (Lipinski definition) is 3. The van der Waals surface area contributed by atoms with E-state index in [1.54, 1.807) is 6.92 Å². The summed E-state index contributed by atoms with van der Waals surface area (Å²) in [6, 6.07) is 2.00. The van der Waals surface area contributed by atoms with Gasteiger partial charge < -0.3 is 0 Å². The number of halogens is 2. The number of hydrogen-bond acceptors (Lipinski definition) is 3. The van der Waals surface area contributed by atoms with Crippen molar-refractivity contribution in [2.24, 2.45) is 11.7 Å².